The minimum Gasteiger partial charge on any atom is -0.268 e. The van der Waals surface area contributed by atoms with Crippen LogP contribution in [-0.4, -0.2) is 9.38 Å². The fraction of sp³-hybridized carbons (Fsp3) is 0. The Morgan fingerprint density at radius 2 is 1.57 bits per heavy atom. The largest absolute Gasteiger partial charge is 0.268 e. The molecule has 6 rings (SSSR count). The summed E-state index contributed by atoms with van der Waals surface area (Å²) >= 11 is 3.61. The van der Waals surface area contributed by atoms with Crippen molar-refractivity contribution in [3.05, 3.63) is 93.7 Å². The lowest BCUT2D eigenvalue weighted by molar-refractivity contribution is 1.19. The summed E-state index contributed by atoms with van der Waals surface area (Å²) in [6.45, 7) is 0. The van der Waals surface area contributed by atoms with E-state index in [1.807, 2.05) is 54.6 Å². The van der Waals surface area contributed by atoms with Gasteiger partial charge in [0, 0.05) is 20.6 Å². The average Bonchev–Trinajstić information content (AvgIpc) is 3.13. The van der Waals surface area contributed by atoms with Crippen LogP contribution in [0.15, 0.2) is 88.1 Å². The van der Waals surface area contributed by atoms with E-state index in [4.69, 9.17) is 4.98 Å². The highest BCUT2D eigenvalue weighted by Crippen LogP contribution is 2.34. The number of benzene rings is 4. The van der Waals surface area contributed by atoms with Crippen molar-refractivity contribution in [2.24, 2.45) is 0 Å². The Bertz CT molecular complexity index is 1590. The summed E-state index contributed by atoms with van der Waals surface area (Å²) < 4.78 is 2.73. The topological polar surface area (TPSA) is 34.4 Å². The van der Waals surface area contributed by atoms with Gasteiger partial charge in [-0.05, 0) is 40.8 Å². The number of hydrogen-bond donors (Lipinski definition) is 0. The van der Waals surface area contributed by atoms with Crippen LogP contribution in [0.25, 0.3) is 49.4 Å². The molecule has 0 aliphatic carbocycles. The van der Waals surface area contributed by atoms with E-state index in [2.05, 4.69) is 40.2 Å². The highest BCUT2D eigenvalue weighted by molar-refractivity contribution is 9.10. The third kappa shape index (κ3) is 2.04. The number of rotatable bonds is 1. The van der Waals surface area contributed by atoms with Crippen LogP contribution < -0.4 is 5.56 Å². The minimum absolute atomic E-state index is 0.0267. The maximum absolute atomic E-state index is 13.3. The Morgan fingerprint density at radius 1 is 0.750 bits per heavy atom. The second-order valence-corrected chi connectivity index (χ2v) is 7.82. The fourth-order valence-electron chi connectivity index (χ4n) is 4.13. The van der Waals surface area contributed by atoms with Crippen LogP contribution in [0, 0.1) is 0 Å². The highest BCUT2D eigenvalue weighted by Gasteiger charge is 2.17. The maximum atomic E-state index is 13.3. The lowest BCUT2D eigenvalue weighted by Gasteiger charge is -2.08. The molecule has 4 aromatic carbocycles. The zero-order chi connectivity index (χ0) is 18.8. The van der Waals surface area contributed by atoms with E-state index in [1.54, 1.807) is 4.40 Å². The molecule has 0 N–H and O–H groups in total. The number of aromatic nitrogens is 2. The maximum Gasteiger partial charge on any atom is 0.264 e. The van der Waals surface area contributed by atoms with Crippen molar-refractivity contribution in [2.45, 2.75) is 0 Å². The second-order valence-electron chi connectivity index (χ2n) is 6.97. The summed E-state index contributed by atoms with van der Waals surface area (Å²) in [5.41, 5.74) is 4.58. The summed E-state index contributed by atoms with van der Waals surface area (Å²) in [5.74, 6) is 0. The molecule has 6 aromatic rings. The monoisotopic (exact) mass is 424 g/mol. The molecule has 0 aliphatic heterocycles. The first-order chi connectivity index (χ1) is 13.7. The quantitative estimate of drug-likeness (QED) is 0.323. The predicted octanol–water partition coefficient (Wildman–Crippen LogP) is 6.02. The van der Waals surface area contributed by atoms with Crippen molar-refractivity contribution in [3.63, 3.8) is 0 Å². The van der Waals surface area contributed by atoms with E-state index in [1.165, 1.54) is 0 Å². The standard InChI is InChI=1S/C24H13BrN2O/c25-19-11-10-18-22-16(19)7-4-8-17(22)23-26-20-13-15(14-5-2-1-3-6-14)9-12-21(20)27(23)24(18)28/h1-13H. The van der Waals surface area contributed by atoms with E-state index in [0.717, 1.165) is 42.8 Å². The lowest BCUT2D eigenvalue weighted by atomic mass is 10.0. The van der Waals surface area contributed by atoms with Gasteiger partial charge in [0.1, 0.15) is 5.65 Å². The summed E-state index contributed by atoms with van der Waals surface area (Å²) in [6.07, 6.45) is 0. The van der Waals surface area contributed by atoms with Gasteiger partial charge in [0.05, 0.1) is 11.0 Å². The molecular weight excluding hydrogens is 412 g/mol. The average molecular weight is 425 g/mol. The van der Waals surface area contributed by atoms with E-state index in [-0.39, 0.29) is 5.56 Å². The lowest BCUT2D eigenvalue weighted by Crippen LogP contribution is -2.13. The van der Waals surface area contributed by atoms with Gasteiger partial charge in [0.25, 0.3) is 5.56 Å². The highest BCUT2D eigenvalue weighted by atomic mass is 79.9. The first-order valence-electron chi connectivity index (χ1n) is 9.06. The first kappa shape index (κ1) is 15.8. The minimum atomic E-state index is -0.0267. The molecule has 0 atom stereocenters. The number of nitrogens with zero attached hydrogens (tertiary/aromatic N) is 2. The van der Waals surface area contributed by atoms with Crippen molar-refractivity contribution in [3.8, 4) is 11.1 Å². The van der Waals surface area contributed by atoms with Gasteiger partial charge in [-0.2, -0.15) is 0 Å². The van der Waals surface area contributed by atoms with Crippen LogP contribution in [0.1, 0.15) is 0 Å². The van der Waals surface area contributed by atoms with E-state index < -0.39 is 0 Å². The van der Waals surface area contributed by atoms with Crippen molar-refractivity contribution >= 4 is 54.2 Å². The Hall–Kier alpha value is -3.24. The summed E-state index contributed by atoms with van der Waals surface area (Å²) in [6, 6.07) is 26.2. The van der Waals surface area contributed by atoms with Gasteiger partial charge in [-0.15, -0.1) is 0 Å². The first-order valence-corrected chi connectivity index (χ1v) is 9.86. The smallest absolute Gasteiger partial charge is 0.264 e. The van der Waals surface area contributed by atoms with Crippen molar-refractivity contribution < 1.29 is 0 Å². The Balaban J connectivity index is 1.80. The molecule has 0 fully saturated rings. The Labute approximate surface area is 168 Å². The van der Waals surface area contributed by atoms with Gasteiger partial charge in [0.15, 0.2) is 0 Å². The second kappa shape index (κ2) is 5.63. The molecule has 4 heteroatoms. The molecule has 3 nitrogen and oxygen atoms in total. The van der Waals surface area contributed by atoms with E-state index in [0.29, 0.717) is 11.0 Å². The third-order valence-electron chi connectivity index (χ3n) is 5.42. The molecule has 0 unspecified atom stereocenters. The third-order valence-corrected chi connectivity index (χ3v) is 6.11. The van der Waals surface area contributed by atoms with Gasteiger partial charge in [-0.25, -0.2) is 4.98 Å². The van der Waals surface area contributed by atoms with Gasteiger partial charge in [-0.3, -0.25) is 9.20 Å². The number of hydrogen-bond acceptors (Lipinski definition) is 2. The number of pyridine rings is 1. The predicted molar refractivity (Wildman–Crippen MR) is 118 cm³/mol. The van der Waals surface area contributed by atoms with Crippen LogP contribution in [0.4, 0.5) is 0 Å². The van der Waals surface area contributed by atoms with Gasteiger partial charge in [0.2, 0.25) is 0 Å². The van der Waals surface area contributed by atoms with Gasteiger partial charge in [-0.1, -0.05) is 70.5 Å². The molecule has 0 aliphatic rings. The normalized spacial score (nSPS) is 11.9. The van der Waals surface area contributed by atoms with Crippen LogP contribution in [0.2, 0.25) is 0 Å². The zero-order valence-corrected chi connectivity index (χ0v) is 16.3. The van der Waals surface area contributed by atoms with Crippen LogP contribution in [-0.2, 0) is 0 Å². The van der Waals surface area contributed by atoms with Crippen LogP contribution in [0.3, 0.4) is 0 Å². The molecule has 0 saturated heterocycles. The van der Waals surface area contributed by atoms with Gasteiger partial charge < -0.3 is 0 Å². The molecule has 0 radical (unpaired) electrons. The summed E-state index contributed by atoms with van der Waals surface area (Å²) in [7, 11) is 0. The molecule has 0 spiro atoms. The Morgan fingerprint density at radius 3 is 2.43 bits per heavy atom. The Kier molecular flexibility index (Phi) is 3.17. The molecule has 28 heavy (non-hydrogen) atoms. The van der Waals surface area contributed by atoms with E-state index in [9.17, 15) is 4.79 Å². The number of fused-ring (bicyclic) bond motifs is 4. The molecular formula is C24H13BrN2O. The molecule has 2 aromatic heterocycles. The zero-order valence-electron chi connectivity index (χ0n) is 14.7. The number of halogens is 1. The molecule has 0 saturated carbocycles. The fourth-order valence-corrected chi connectivity index (χ4v) is 4.60. The molecule has 2 heterocycles. The SMILES string of the molecule is O=c1c2ccc(Br)c3cccc(c32)c2nc3cc(-c4ccccc4)ccc3n12. The van der Waals surface area contributed by atoms with Crippen molar-refractivity contribution in [2.75, 3.05) is 0 Å². The number of imidazole rings is 1. The van der Waals surface area contributed by atoms with Crippen LogP contribution >= 0.6 is 15.9 Å². The summed E-state index contributed by atoms with van der Waals surface area (Å²) in [5, 5.41) is 3.71. The molecule has 0 bridgehead atoms. The van der Waals surface area contributed by atoms with E-state index >= 15 is 0 Å². The van der Waals surface area contributed by atoms with Gasteiger partial charge >= 0.3 is 0 Å². The van der Waals surface area contributed by atoms with Crippen molar-refractivity contribution in [1.29, 1.82) is 0 Å². The molecule has 132 valence electrons. The summed E-state index contributed by atoms with van der Waals surface area (Å²) in [4.78, 5) is 18.2. The van der Waals surface area contributed by atoms with Crippen molar-refractivity contribution in [1.82, 2.24) is 9.38 Å². The molecule has 0 amide bonds. The van der Waals surface area contributed by atoms with Crippen LogP contribution in [0.5, 0.6) is 0 Å².